The zero-order valence-corrected chi connectivity index (χ0v) is 20.2. The van der Waals surface area contributed by atoms with Crippen molar-refractivity contribution in [2.24, 2.45) is 5.92 Å². The van der Waals surface area contributed by atoms with Gasteiger partial charge in [0.2, 0.25) is 5.88 Å². The summed E-state index contributed by atoms with van der Waals surface area (Å²) in [7, 11) is 1.56. The van der Waals surface area contributed by atoms with Gasteiger partial charge >= 0.3 is 0 Å². The van der Waals surface area contributed by atoms with Crippen LogP contribution < -0.4 is 4.74 Å². The molecule has 2 N–H and O–H groups in total. The van der Waals surface area contributed by atoms with Crippen LogP contribution in [-0.2, 0) is 0 Å². The third kappa shape index (κ3) is 6.15. The van der Waals surface area contributed by atoms with Crippen molar-refractivity contribution in [3.8, 4) is 17.7 Å². The van der Waals surface area contributed by atoms with Gasteiger partial charge in [-0.1, -0.05) is 30.9 Å². The molecule has 0 radical (unpaired) electrons. The van der Waals surface area contributed by atoms with Crippen molar-refractivity contribution in [3.63, 3.8) is 0 Å². The van der Waals surface area contributed by atoms with Crippen LogP contribution in [0.3, 0.4) is 0 Å². The lowest BCUT2D eigenvalue weighted by atomic mass is 9.99. The fourth-order valence-corrected chi connectivity index (χ4v) is 3.77. The van der Waals surface area contributed by atoms with E-state index in [1.165, 1.54) is 36.2 Å². The lowest BCUT2D eigenvalue weighted by Gasteiger charge is -2.37. The highest BCUT2D eigenvalue weighted by atomic mass is 19.1. The topological polar surface area (TPSA) is 103 Å². The Morgan fingerprint density at radius 2 is 2.09 bits per heavy atom. The largest absolute Gasteiger partial charge is 0.472 e. The number of carbonyl (C=O) groups is 2. The predicted molar refractivity (Wildman–Crippen MR) is 127 cm³/mol. The molecule has 1 aromatic carbocycles. The Balaban J connectivity index is 1.96. The molecule has 2 amide bonds. The van der Waals surface area contributed by atoms with Gasteiger partial charge in [-0.05, 0) is 32.0 Å². The van der Waals surface area contributed by atoms with E-state index < -0.39 is 30.0 Å². The van der Waals surface area contributed by atoms with Gasteiger partial charge in [-0.15, -0.1) is 0 Å². The number of aromatic nitrogens is 1. The summed E-state index contributed by atoms with van der Waals surface area (Å²) in [4.78, 5) is 33.5. The van der Waals surface area contributed by atoms with Gasteiger partial charge in [-0.25, -0.2) is 9.37 Å². The van der Waals surface area contributed by atoms with Gasteiger partial charge in [0.25, 0.3) is 11.8 Å². The Labute approximate surface area is 204 Å². The summed E-state index contributed by atoms with van der Waals surface area (Å²) in [6, 6.07) is 6.83. The summed E-state index contributed by atoms with van der Waals surface area (Å²) in [5, 5.41) is 19.2. The van der Waals surface area contributed by atoms with E-state index in [0.29, 0.717) is 5.56 Å². The normalized spacial score (nSPS) is 19.3. The van der Waals surface area contributed by atoms with Gasteiger partial charge in [0.15, 0.2) is 0 Å². The molecule has 3 rings (SSSR count). The van der Waals surface area contributed by atoms with Crippen molar-refractivity contribution in [1.82, 2.24) is 14.8 Å². The van der Waals surface area contributed by atoms with Gasteiger partial charge < -0.3 is 24.7 Å². The number of aliphatic hydroxyl groups excluding tert-OH is 2. The van der Waals surface area contributed by atoms with Crippen LogP contribution in [-0.4, -0.2) is 81.8 Å². The van der Waals surface area contributed by atoms with E-state index in [1.807, 2.05) is 6.92 Å². The van der Waals surface area contributed by atoms with Crippen LogP contribution in [0.15, 0.2) is 36.5 Å². The molecule has 0 bridgehead atoms. The van der Waals surface area contributed by atoms with Crippen LogP contribution in [0.25, 0.3) is 0 Å². The number of nitrogens with zero attached hydrogens (tertiary/aromatic N) is 3. The van der Waals surface area contributed by atoms with Crippen molar-refractivity contribution < 1.29 is 28.9 Å². The van der Waals surface area contributed by atoms with Crippen LogP contribution in [0.2, 0.25) is 0 Å². The number of likely N-dealkylation sites (N-methyl/N-ethyl adjacent to an activating group) is 1. The summed E-state index contributed by atoms with van der Waals surface area (Å²) in [5.74, 6) is 3.76. The first-order valence-electron chi connectivity index (χ1n) is 11.4. The zero-order valence-electron chi connectivity index (χ0n) is 20.2. The van der Waals surface area contributed by atoms with Crippen molar-refractivity contribution >= 4 is 11.8 Å². The van der Waals surface area contributed by atoms with Crippen molar-refractivity contribution in [2.45, 2.75) is 39.0 Å². The van der Waals surface area contributed by atoms with Gasteiger partial charge in [-0.3, -0.25) is 9.59 Å². The molecule has 0 spiro atoms. The quantitative estimate of drug-likeness (QED) is 0.631. The Bertz CT molecular complexity index is 1140. The molecule has 0 aliphatic carbocycles. The summed E-state index contributed by atoms with van der Waals surface area (Å²) in [5.41, 5.74) is 0.553. The van der Waals surface area contributed by atoms with E-state index in [4.69, 9.17) is 4.74 Å². The van der Waals surface area contributed by atoms with Crippen molar-refractivity contribution in [3.05, 3.63) is 59.0 Å². The smallest absolute Gasteiger partial charge is 0.259 e. The monoisotopic (exact) mass is 483 g/mol. The van der Waals surface area contributed by atoms with E-state index >= 15 is 0 Å². The molecule has 0 fully saturated rings. The Kier molecular flexibility index (Phi) is 8.43. The average molecular weight is 484 g/mol. The molecule has 9 heteroatoms. The number of benzene rings is 1. The number of ether oxygens (including phenoxy) is 1. The molecule has 4 atom stereocenters. The number of amides is 2. The molecule has 8 nitrogen and oxygen atoms in total. The highest BCUT2D eigenvalue weighted by Crippen LogP contribution is 2.27. The fourth-order valence-electron chi connectivity index (χ4n) is 3.77. The van der Waals surface area contributed by atoms with Crippen LogP contribution >= 0.6 is 0 Å². The lowest BCUT2D eigenvalue weighted by molar-refractivity contribution is 0.0312. The minimum absolute atomic E-state index is 0.0425. The average Bonchev–Trinajstić information content (AvgIpc) is 2.84. The van der Waals surface area contributed by atoms with E-state index in [1.54, 1.807) is 31.0 Å². The minimum atomic E-state index is -0.845. The number of carbonyl (C=O) groups excluding carboxylic acids is 2. The molecule has 35 heavy (non-hydrogen) atoms. The maximum absolute atomic E-state index is 14.2. The van der Waals surface area contributed by atoms with Gasteiger partial charge in [0.1, 0.15) is 23.6 Å². The number of rotatable bonds is 5. The van der Waals surface area contributed by atoms with Crippen LogP contribution in [0.1, 0.15) is 47.1 Å². The van der Waals surface area contributed by atoms with E-state index in [-0.39, 0.29) is 48.5 Å². The van der Waals surface area contributed by atoms with Gasteiger partial charge in [-0.2, -0.15) is 0 Å². The number of hydrogen-bond donors (Lipinski definition) is 2. The van der Waals surface area contributed by atoms with Gasteiger partial charge in [0, 0.05) is 31.3 Å². The molecule has 0 saturated carbocycles. The molecule has 186 valence electrons. The Morgan fingerprint density at radius 3 is 2.74 bits per heavy atom. The second kappa shape index (κ2) is 11.3. The SMILES string of the molecule is C[C@@H]1CN([C@@H](C)CO)C(=O)c2cc(C#C[C@@H](C)O)cnc2O[C@@H]1CN(C)C(=O)c1ccccc1F. The van der Waals surface area contributed by atoms with E-state index in [2.05, 4.69) is 16.8 Å². The number of aliphatic hydroxyl groups is 2. The summed E-state index contributed by atoms with van der Waals surface area (Å²) >= 11 is 0. The summed E-state index contributed by atoms with van der Waals surface area (Å²) in [6.07, 6.45) is 0.0271. The third-order valence-electron chi connectivity index (χ3n) is 5.85. The molecule has 0 saturated heterocycles. The highest BCUT2D eigenvalue weighted by Gasteiger charge is 2.35. The van der Waals surface area contributed by atoms with Crippen molar-refractivity contribution in [1.29, 1.82) is 0 Å². The number of hydrogen-bond acceptors (Lipinski definition) is 6. The van der Waals surface area contributed by atoms with Crippen LogP contribution in [0.5, 0.6) is 5.88 Å². The maximum atomic E-state index is 14.2. The van der Waals surface area contributed by atoms with Gasteiger partial charge in [0.05, 0.1) is 24.8 Å². The zero-order chi connectivity index (χ0) is 25.7. The summed E-state index contributed by atoms with van der Waals surface area (Å²) < 4.78 is 20.3. The molecule has 1 aromatic heterocycles. The molecule has 1 aliphatic heterocycles. The second-order valence-corrected chi connectivity index (χ2v) is 8.81. The first-order valence-corrected chi connectivity index (χ1v) is 11.4. The third-order valence-corrected chi connectivity index (χ3v) is 5.85. The van der Waals surface area contributed by atoms with Crippen molar-refractivity contribution in [2.75, 3.05) is 26.7 Å². The lowest BCUT2D eigenvalue weighted by Crippen LogP contribution is -2.50. The summed E-state index contributed by atoms with van der Waals surface area (Å²) in [6.45, 7) is 5.28. The van der Waals surface area contributed by atoms with E-state index in [0.717, 1.165) is 0 Å². The standard InChI is InChI=1S/C26H30FN3O5/c1-16-13-30(17(2)15-31)26(34)21-11-19(10-9-18(3)32)12-28-24(21)35-23(16)14-29(4)25(33)20-7-5-6-8-22(20)27/h5-8,11-12,16-18,23,31-32H,13-15H2,1-4H3/t16-,17+,18-,23-/m1/s1. The predicted octanol–water partition coefficient (Wildman–Crippen LogP) is 1.95. The van der Waals surface area contributed by atoms with Crippen LogP contribution in [0.4, 0.5) is 4.39 Å². The Hall–Kier alpha value is -3.48. The minimum Gasteiger partial charge on any atom is -0.472 e. The molecule has 1 aliphatic rings. The number of pyridine rings is 1. The molecule has 2 aromatic rings. The fraction of sp³-hybridized carbons (Fsp3) is 0.423. The first kappa shape index (κ1) is 26.1. The highest BCUT2D eigenvalue weighted by molar-refractivity contribution is 5.97. The molecule has 2 heterocycles. The molecule has 0 unspecified atom stereocenters. The Morgan fingerprint density at radius 1 is 1.37 bits per heavy atom. The first-order chi connectivity index (χ1) is 16.6. The maximum Gasteiger partial charge on any atom is 0.259 e. The number of fused-ring (bicyclic) bond motifs is 1. The van der Waals surface area contributed by atoms with E-state index in [9.17, 15) is 24.2 Å². The van der Waals surface area contributed by atoms with Crippen LogP contribution in [0, 0.1) is 23.6 Å². The number of halogens is 1. The molecular formula is C26H30FN3O5. The second-order valence-electron chi connectivity index (χ2n) is 8.81. The molecular weight excluding hydrogens is 453 g/mol.